The summed E-state index contributed by atoms with van der Waals surface area (Å²) in [5, 5.41) is 0. The van der Waals surface area contributed by atoms with E-state index < -0.39 is 0 Å². The molecule has 42 valence electrons. The van der Waals surface area contributed by atoms with Crippen LogP contribution < -0.4 is 0 Å². The third-order valence-corrected chi connectivity index (χ3v) is 1.33. The van der Waals surface area contributed by atoms with Gasteiger partial charge in [-0.1, -0.05) is 27.7 Å². The molecule has 0 amide bonds. The van der Waals surface area contributed by atoms with Gasteiger partial charge >= 0.3 is 0 Å². The van der Waals surface area contributed by atoms with E-state index in [1.807, 2.05) is 0 Å². The minimum absolute atomic E-state index is 0. The van der Waals surface area contributed by atoms with E-state index in [2.05, 4.69) is 27.7 Å². The van der Waals surface area contributed by atoms with Gasteiger partial charge in [0.25, 0.3) is 0 Å². The Morgan fingerprint density at radius 3 is 0.857 bits per heavy atom. The Bertz CT molecular complexity index is 25.2. The average molecular weight is 177 g/mol. The molecule has 7 heavy (non-hydrogen) atoms. The van der Waals surface area contributed by atoms with Gasteiger partial charge in [-0.2, -0.15) is 0 Å². The van der Waals surface area contributed by atoms with E-state index in [1.165, 1.54) is 0 Å². The molecule has 0 unspecified atom stereocenters. The summed E-state index contributed by atoms with van der Waals surface area (Å²) in [6.45, 7) is 8.96. The summed E-state index contributed by atoms with van der Waals surface area (Å²) in [4.78, 5) is 0. The normalized spacial score (nSPS) is 9.43. The summed E-state index contributed by atoms with van der Waals surface area (Å²) < 4.78 is 0. The van der Waals surface area contributed by atoms with Gasteiger partial charge in [0, 0.05) is 26.2 Å². The Morgan fingerprint density at radius 2 is 0.857 bits per heavy atom. The molecule has 0 heterocycles. The van der Waals surface area contributed by atoms with E-state index in [4.69, 9.17) is 0 Å². The molecule has 0 rings (SSSR count). The minimum atomic E-state index is 0. The van der Waals surface area contributed by atoms with Crippen LogP contribution in [0.1, 0.15) is 27.7 Å². The fraction of sp³-hybridized carbons (Fsp3) is 1.00. The quantitative estimate of drug-likeness (QED) is 0.576. The zero-order valence-electron chi connectivity index (χ0n) is 5.65. The van der Waals surface area contributed by atoms with Crippen molar-refractivity contribution in [3.8, 4) is 0 Å². The molecule has 0 aliphatic rings. The zero-order chi connectivity index (χ0) is 5.15. The van der Waals surface area contributed by atoms with Crippen LogP contribution in [-0.4, -0.2) is 0 Å². The summed E-state index contributed by atoms with van der Waals surface area (Å²) in [5.41, 5.74) is 0. The van der Waals surface area contributed by atoms with Crippen LogP contribution >= 0.6 is 0 Å². The van der Waals surface area contributed by atoms with Crippen molar-refractivity contribution in [2.75, 3.05) is 0 Å². The van der Waals surface area contributed by atoms with Crippen LogP contribution in [0, 0.1) is 11.8 Å². The van der Waals surface area contributed by atoms with Gasteiger partial charge in [0.1, 0.15) is 0 Å². The second-order valence-corrected chi connectivity index (χ2v) is 2.49. The van der Waals surface area contributed by atoms with Crippen molar-refractivity contribution in [3.63, 3.8) is 0 Å². The van der Waals surface area contributed by atoms with E-state index in [9.17, 15) is 0 Å². The number of hydrogen-bond acceptors (Lipinski definition) is 0. The SMILES string of the molecule is CC(C)C(C)C.[Zr]. The van der Waals surface area contributed by atoms with Crippen LogP contribution in [0.4, 0.5) is 0 Å². The first-order chi connectivity index (χ1) is 2.64. The number of rotatable bonds is 1. The van der Waals surface area contributed by atoms with E-state index in [0.29, 0.717) is 0 Å². The van der Waals surface area contributed by atoms with Crippen molar-refractivity contribution in [2.45, 2.75) is 27.7 Å². The van der Waals surface area contributed by atoms with Crippen LogP contribution in [-0.2, 0) is 26.2 Å². The zero-order valence-corrected chi connectivity index (χ0v) is 8.11. The summed E-state index contributed by atoms with van der Waals surface area (Å²) in [5.74, 6) is 1.70. The molecular weight excluding hydrogens is 163 g/mol. The molecule has 0 N–H and O–H groups in total. The maximum atomic E-state index is 2.24. The van der Waals surface area contributed by atoms with Crippen molar-refractivity contribution in [3.05, 3.63) is 0 Å². The van der Waals surface area contributed by atoms with E-state index in [0.717, 1.165) is 11.8 Å². The third-order valence-electron chi connectivity index (χ3n) is 1.33. The summed E-state index contributed by atoms with van der Waals surface area (Å²) in [6, 6.07) is 0. The van der Waals surface area contributed by atoms with E-state index >= 15 is 0 Å². The Labute approximate surface area is 65.8 Å². The molecule has 0 aliphatic carbocycles. The molecule has 0 aromatic heterocycles. The predicted molar refractivity (Wildman–Crippen MR) is 29.7 cm³/mol. The van der Waals surface area contributed by atoms with Gasteiger partial charge in [0.2, 0.25) is 0 Å². The first kappa shape index (κ1) is 10.8. The topological polar surface area (TPSA) is 0 Å². The van der Waals surface area contributed by atoms with Crippen LogP contribution in [0.2, 0.25) is 0 Å². The molecule has 0 spiro atoms. The van der Waals surface area contributed by atoms with Crippen LogP contribution in [0.15, 0.2) is 0 Å². The summed E-state index contributed by atoms with van der Waals surface area (Å²) in [6.07, 6.45) is 0. The van der Waals surface area contributed by atoms with Gasteiger partial charge in [-0.25, -0.2) is 0 Å². The molecule has 0 atom stereocenters. The molecule has 0 aromatic carbocycles. The summed E-state index contributed by atoms with van der Waals surface area (Å²) >= 11 is 0. The largest absolute Gasteiger partial charge is 0.0625 e. The van der Waals surface area contributed by atoms with Gasteiger partial charge in [-0.15, -0.1) is 0 Å². The monoisotopic (exact) mass is 176 g/mol. The molecule has 0 bridgehead atoms. The van der Waals surface area contributed by atoms with Gasteiger partial charge in [-0.05, 0) is 11.8 Å². The van der Waals surface area contributed by atoms with Crippen molar-refractivity contribution < 1.29 is 26.2 Å². The van der Waals surface area contributed by atoms with Gasteiger partial charge < -0.3 is 0 Å². The van der Waals surface area contributed by atoms with Gasteiger partial charge in [0.05, 0.1) is 0 Å². The van der Waals surface area contributed by atoms with Crippen molar-refractivity contribution >= 4 is 0 Å². The molecule has 0 saturated carbocycles. The standard InChI is InChI=1S/C6H14.Zr/c1-5(2)6(3)4;/h5-6H,1-4H3;. The first-order valence-electron chi connectivity index (χ1n) is 2.64. The second kappa shape index (κ2) is 5.03. The van der Waals surface area contributed by atoms with Crippen LogP contribution in [0.5, 0.6) is 0 Å². The molecule has 0 aliphatic heterocycles. The molecule has 0 radical (unpaired) electrons. The molecule has 1 heteroatoms. The Balaban J connectivity index is 0. The molecule has 0 nitrogen and oxygen atoms in total. The fourth-order valence-corrected chi connectivity index (χ4v) is 0. The summed E-state index contributed by atoms with van der Waals surface area (Å²) in [7, 11) is 0. The third kappa shape index (κ3) is 6.88. The van der Waals surface area contributed by atoms with Crippen molar-refractivity contribution in [1.82, 2.24) is 0 Å². The van der Waals surface area contributed by atoms with E-state index in [-0.39, 0.29) is 26.2 Å². The van der Waals surface area contributed by atoms with Crippen LogP contribution in [0.25, 0.3) is 0 Å². The van der Waals surface area contributed by atoms with Crippen molar-refractivity contribution in [1.29, 1.82) is 0 Å². The molecular formula is C6H14Zr. The van der Waals surface area contributed by atoms with Crippen molar-refractivity contribution in [2.24, 2.45) is 11.8 Å². The maximum absolute atomic E-state index is 2.24. The molecule has 0 aromatic rings. The van der Waals surface area contributed by atoms with Gasteiger partial charge in [-0.3, -0.25) is 0 Å². The van der Waals surface area contributed by atoms with Gasteiger partial charge in [0.15, 0.2) is 0 Å². The Morgan fingerprint density at radius 1 is 0.714 bits per heavy atom. The predicted octanol–water partition coefficient (Wildman–Crippen LogP) is 2.30. The first-order valence-corrected chi connectivity index (χ1v) is 2.64. The fourth-order valence-electron chi connectivity index (χ4n) is 0. The average Bonchev–Trinajstić information content (AvgIpc) is 1.36. The smallest absolute Gasteiger partial charge is 0 e. The molecule has 0 fully saturated rings. The molecule has 0 saturated heterocycles. The Kier molecular flexibility index (Phi) is 7.75. The Hall–Kier alpha value is 0.883. The van der Waals surface area contributed by atoms with E-state index in [1.54, 1.807) is 0 Å². The maximum Gasteiger partial charge on any atom is 0 e. The second-order valence-electron chi connectivity index (χ2n) is 2.49. The minimum Gasteiger partial charge on any atom is -0.0625 e. The van der Waals surface area contributed by atoms with Crippen LogP contribution in [0.3, 0.4) is 0 Å². The number of hydrogen-bond donors (Lipinski definition) is 0.